The fraction of sp³-hybridized carbons (Fsp3) is 0.680. The summed E-state index contributed by atoms with van der Waals surface area (Å²) >= 11 is 0. The second kappa shape index (κ2) is 11.7. The predicted molar refractivity (Wildman–Crippen MR) is 115 cm³/mol. The van der Waals surface area contributed by atoms with Crippen molar-refractivity contribution < 1.29 is 23.0 Å². The summed E-state index contributed by atoms with van der Waals surface area (Å²) in [6.07, 6.45) is 12.1. The van der Waals surface area contributed by atoms with Crippen LogP contribution in [0.5, 0.6) is 11.5 Å². The third-order valence-corrected chi connectivity index (χ3v) is 6.55. The Morgan fingerprint density at radius 3 is 2.27 bits per heavy atom. The molecule has 1 saturated carbocycles. The fourth-order valence-corrected chi connectivity index (χ4v) is 4.66. The molecule has 1 aliphatic heterocycles. The molecule has 0 bridgehead atoms. The molecule has 1 aliphatic carbocycles. The van der Waals surface area contributed by atoms with Crippen molar-refractivity contribution in [2.45, 2.75) is 70.8 Å². The molecule has 2 aliphatic rings. The third-order valence-electron chi connectivity index (χ3n) is 6.55. The normalized spacial score (nSPS) is 26.9. The highest BCUT2D eigenvalue weighted by Gasteiger charge is 2.31. The topological polar surface area (TPSA) is 27.7 Å². The Kier molecular flexibility index (Phi) is 8.98. The number of halogens is 2. The lowest BCUT2D eigenvalue weighted by atomic mass is 9.77. The summed E-state index contributed by atoms with van der Waals surface area (Å²) in [6, 6.07) is 2.91. The molecule has 0 spiro atoms. The van der Waals surface area contributed by atoms with Crippen LogP contribution in [-0.4, -0.2) is 25.9 Å². The summed E-state index contributed by atoms with van der Waals surface area (Å²) in [5.41, 5.74) is 0. The molecule has 168 valence electrons. The molecule has 0 aromatic heterocycles. The molecule has 1 aromatic carbocycles. The number of hydrogen-bond acceptors (Lipinski definition) is 3. The van der Waals surface area contributed by atoms with Crippen molar-refractivity contribution in [1.82, 2.24) is 0 Å². The van der Waals surface area contributed by atoms with Crippen molar-refractivity contribution in [1.29, 1.82) is 0 Å². The smallest absolute Gasteiger partial charge is 0.204 e. The molecule has 2 unspecified atom stereocenters. The zero-order valence-corrected chi connectivity index (χ0v) is 18.2. The first-order valence-corrected chi connectivity index (χ1v) is 11.6. The number of benzene rings is 1. The largest absolute Gasteiger partial charge is 0.490 e. The van der Waals surface area contributed by atoms with E-state index < -0.39 is 11.6 Å². The average Bonchev–Trinajstić information content (AvgIpc) is 2.79. The number of rotatable bonds is 10. The van der Waals surface area contributed by atoms with Gasteiger partial charge in [0.2, 0.25) is 11.6 Å². The van der Waals surface area contributed by atoms with Crippen LogP contribution in [0.3, 0.4) is 0 Å². The first kappa shape index (κ1) is 23.1. The van der Waals surface area contributed by atoms with E-state index in [0.717, 1.165) is 51.6 Å². The van der Waals surface area contributed by atoms with Gasteiger partial charge in [0.15, 0.2) is 11.5 Å². The van der Waals surface area contributed by atoms with Gasteiger partial charge in [-0.2, -0.15) is 8.78 Å². The fourth-order valence-electron chi connectivity index (χ4n) is 4.66. The van der Waals surface area contributed by atoms with Crippen molar-refractivity contribution in [2.24, 2.45) is 17.8 Å². The van der Waals surface area contributed by atoms with E-state index in [4.69, 9.17) is 14.2 Å². The lowest BCUT2D eigenvalue weighted by Gasteiger charge is -2.37. The van der Waals surface area contributed by atoms with Gasteiger partial charge in [-0.05, 0) is 87.7 Å². The van der Waals surface area contributed by atoms with E-state index in [2.05, 4.69) is 6.58 Å². The minimum absolute atomic E-state index is 0.0281. The van der Waals surface area contributed by atoms with Crippen molar-refractivity contribution in [3.63, 3.8) is 0 Å². The van der Waals surface area contributed by atoms with Gasteiger partial charge in [-0.15, -0.1) is 6.58 Å². The molecule has 2 fully saturated rings. The lowest BCUT2D eigenvalue weighted by Crippen LogP contribution is -2.34. The van der Waals surface area contributed by atoms with E-state index in [1.165, 1.54) is 25.0 Å². The summed E-state index contributed by atoms with van der Waals surface area (Å²) in [4.78, 5) is 0. The van der Waals surface area contributed by atoms with Gasteiger partial charge in [-0.3, -0.25) is 0 Å². The zero-order valence-electron chi connectivity index (χ0n) is 18.2. The minimum Gasteiger partial charge on any atom is -0.490 e. The molecule has 2 atom stereocenters. The molecule has 3 rings (SSSR count). The SMILES string of the molecule is C=CCCC1CCC(C2CCC(COc3ccc(OCCC)c(F)c3F)CC2)OC1. The highest BCUT2D eigenvalue weighted by atomic mass is 19.2. The molecular formula is C25H36F2O3. The van der Waals surface area contributed by atoms with Gasteiger partial charge in [0.05, 0.1) is 19.3 Å². The molecule has 0 amide bonds. The van der Waals surface area contributed by atoms with E-state index in [-0.39, 0.29) is 11.5 Å². The van der Waals surface area contributed by atoms with Crippen LogP contribution < -0.4 is 9.47 Å². The summed E-state index contributed by atoms with van der Waals surface area (Å²) < 4.78 is 45.4. The Bertz CT molecular complexity index is 663. The van der Waals surface area contributed by atoms with Crippen LogP contribution in [0, 0.1) is 29.4 Å². The van der Waals surface area contributed by atoms with Crippen LogP contribution in [0.25, 0.3) is 0 Å². The molecule has 30 heavy (non-hydrogen) atoms. The zero-order chi connectivity index (χ0) is 21.3. The molecule has 1 heterocycles. The number of hydrogen-bond donors (Lipinski definition) is 0. The van der Waals surface area contributed by atoms with Crippen LogP contribution in [0.15, 0.2) is 24.8 Å². The minimum atomic E-state index is -0.967. The van der Waals surface area contributed by atoms with Gasteiger partial charge >= 0.3 is 0 Å². The molecule has 1 saturated heterocycles. The summed E-state index contributed by atoms with van der Waals surface area (Å²) in [5, 5.41) is 0. The maximum Gasteiger partial charge on any atom is 0.204 e. The van der Waals surface area contributed by atoms with Crippen LogP contribution in [-0.2, 0) is 4.74 Å². The maximum absolute atomic E-state index is 14.3. The lowest BCUT2D eigenvalue weighted by molar-refractivity contribution is -0.0602. The Hall–Kier alpha value is -1.62. The van der Waals surface area contributed by atoms with E-state index in [1.54, 1.807) is 0 Å². The first-order valence-electron chi connectivity index (χ1n) is 11.6. The van der Waals surface area contributed by atoms with Crippen molar-refractivity contribution in [3.05, 3.63) is 36.4 Å². The second-order valence-electron chi connectivity index (χ2n) is 8.81. The highest BCUT2D eigenvalue weighted by Crippen LogP contribution is 2.37. The monoisotopic (exact) mass is 422 g/mol. The summed E-state index contributed by atoms with van der Waals surface area (Å²) in [7, 11) is 0. The van der Waals surface area contributed by atoms with Crippen LogP contribution in [0.4, 0.5) is 8.78 Å². The Morgan fingerprint density at radius 1 is 1.00 bits per heavy atom. The Labute approximate surface area is 179 Å². The van der Waals surface area contributed by atoms with Crippen LogP contribution in [0.1, 0.15) is 64.7 Å². The Balaban J connectivity index is 1.40. The predicted octanol–water partition coefficient (Wildman–Crippen LogP) is 6.70. The molecule has 3 nitrogen and oxygen atoms in total. The quantitative estimate of drug-likeness (QED) is 0.393. The third kappa shape index (κ3) is 6.19. The molecule has 5 heteroatoms. The summed E-state index contributed by atoms with van der Waals surface area (Å²) in [5.74, 6) is -0.335. The second-order valence-corrected chi connectivity index (χ2v) is 8.81. The van der Waals surface area contributed by atoms with E-state index in [0.29, 0.717) is 37.1 Å². The molecular weight excluding hydrogens is 386 g/mol. The average molecular weight is 423 g/mol. The van der Waals surface area contributed by atoms with Gasteiger partial charge in [0.1, 0.15) is 0 Å². The van der Waals surface area contributed by atoms with E-state index in [9.17, 15) is 8.78 Å². The van der Waals surface area contributed by atoms with Crippen molar-refractivity contribution in [2.75, 3.05) is 19.8 Å². The van der Waals surface area contributed by atoms with Gasteiger partial charge in [0.25, 0.3) is 0 Å². The number of ether oxygens (including phenoxy) is 3. The van der Waals surface area contributed by atoms with E-state index in [1.807, 2.05) is 13.0 Å². The van der Waals surface area contributed by atoms with Gasteiger partial charge in [0, 0.05) is 6.61 Å². The Morgan fingerprint density at radius 2 is 1.67 bits per heavy atom. The van der Waals surface area contributed by atoms with Crippen molar-refractivity contribution >= 4 is 0 Å². The number of allylic oxidation sites excluding steroid dienone is 1. The van der Waals surface area contributed by atoms with Crippen LogP contribution in [0.2, 0.25) is 0 Å². The first-order chi connectivity index (χ1) is 14.6. The van der Waals surface area contributed by atoms with Crippen molar-refractivity contribution in [3.8, 4) is 11.5 Å². The van der Waals surface area contributed by atoms with Gasteiger partial charge in [-0.25, -0.2) is 0 Å². The van der Waals surface area contributed by atoms with Gasteiger partial charge in [-0.1, -0.05) is 13.0 Å². The maximum atomic E-state index is 14.3. The van der Waals surface area contributed by atoms with E-state index >= 15 is 0 Å². The van der Waals surface area contributed by atoms with Gasteiger partial charge < -0.3 is 14.2 Å². The van der Waals surface area contributed by atoms with Crippen LogP contribution >= 0.6 is 0 Å². The molecule has 0 radical (unpaired) electrons. The molecule has 1 aromatic rings. The standard InChI is InChI=1S/C25H36F2O3/c1-3-5-6-18-9-12-21(29-16-18)20-10-7-19(8-11-20)17-30-23-14-13-22(28-15-4-2)24(26)25(23)27/h3,13-14,18-21H,1,4-12,15-17H2,2H3. The summed E-state index contributed by atoms with van der Waals surface area (Å²) in [6.45, 7) is 7.39. The molecule has 0 N–H and O–H groups in total. The highest BCUT2D eigenvalue weighted by molar-refractivity contribution is 5.35.